The lowest BCUT2D eigenvalue weighted by molar-refractivity contribution is -0.150. The zero-order valence-electron chi connectivity index (χ0n) is 10.6. The molecule has 1 aromatic rings. The summed E-state index contributed by atoms with van der Waals surface area (Å²) in [6.07, 6.45) is 2.89. The summed E-state index contributed by atoms with van der Waals surface area (Å²) in [5.74, 6) is -1.03. The molecule has 5 nitrogen and oxygen atoms in total. The number of pyridine rings is 1. The Morgan fingerprint density at radius 1 is 1.53 bits per heavy atom. The maximum absolute atomic E-state index is 12.4. The summed E-state index contributed by atoms with van der Waals surface area (Å²) >= 11 is 3.25. The fourth-order valence-corrected chi connectivity index (χ4v) is 2.72. The summed E-state index contributed by atoms with van der Waals surface area (Å²) < 4.78 is 0.489. The highest BCUT2D eigenvalue weighted by atomic mass is 79.9. The van der Waals surface area contributed by atoms with E-state index in [-0.39, 0.29) is 12.5 Å². The van der Waals surface area contributed by atoms with Gasteiger partial charge in [-0.05, 0) is 47.8 Å². The molecule has 0 aliphatic carbocycles. The van der Waals surface area contributed by atoms with E-state index < -0.39 is 11.4 Å². The van der Waals surface area contributed by atoms with Gasteiger partial charge in [0.15, 0.2) is 0 Å². The van der Waals surface area contributed by atoms with E-state index >= 15 is 0 Å². The Bertz CT molecular complexity index is 520. The average Bonchev–Trinajstić information content (AvgIpc) is 2.38. The lowest BCUT2D eigenvalue weighted by Crippen LogP contribution is -2.48. The van der Waals surface area contributed by atoms with Gasteiger partial charge in [-0.1, -0.05) is 0 Å². The first-order valence-corrected chi connectivity index (χ1v) is 6.86. The molecule has 1 aromatic heterocycles. The van der Waals surface area contributed by atoms with Gasteiger partial charge < -0.3 is 10.0 Å². The smallest absolute Gasteiger partial charge is 0.311 e. The second-order valence-electron chi connectivity index (χ2n) is 5.04. The Morgan fingerprint density at radius 2 is 2.26 bits per heavy atom. The molecule has 0 saturated carbocycles. The predicted octanol–water partition coefficient (Wildman–Crippen LogP) is 2.17. The van der Waals surface area contributed by atoms with E-state index in [4.69, 9.17) is 0 Å². The molecule has 1 fully saturated rings. The topological polar surface area (TPSA) is 70.5 Å². The molecule has 1 unspecified atom stereocenters. The summed E-state index contributed by atoms with van der Waals surface area (Å²) in [6.45, 7) is 2.51. The third-order valence-electron chi connectivity index (χ3n) is 3.49. The van der Waals surface area contributed by atoms with Crippen molar-refractivity contribution in [2.45, 2.75) is 19.8 Å². The molecule has 6 heteroatoms. The molecule has 0 radical (unpaired) electrons. The monoisotopic (exact) mass is 326 g/mol. The molecular weight excluding hydrogens is 312 g/mol. The summed E-state index contributed by atoms with van der Waals surface area (Å²) in [4.78, 5) is 29.3. The molecule has 102 valence electrons. The van der Waals surface area contributed by atoms with Crippen LogP contribution in [0.15, 0.2) is 22.9 Å². The largest absolute Gasteiger partial charge is 0.481 e. The van der Waals surface area contributed by atoms with Crippen LogP contribution in [0, 0.1) is 5.41 Å². The van der Waals surface area contributed by atoms with Crippen LogP contribution >= 0.6 is 15.9 Å². The van der Waals surface area contributed by atoms with Crippen molar-refractivity contribution >= 4 is 27.8 Å². The summed E-state index contributed by atoms with van der Waals surface area (Å²) in [6, 6.07) is 3.38. The molecule has 2 heterocycles. The Morgan fingerprint density at radius 3 is 2.89 bits per heavy atom. The van der Waals surface area contributed by atoms with Gasteiger partial charge in [-0.2, -0.15) is 0 Å². The molecule has 1 amide bonds. The van der Waals surface area contributed by atoms with Crippen LogP contribution in [-0.2, 0) is 4.79 Å². The van der Waals surface area contributed by atoms with E-state index in [2.05, 4.69) is 20.9 Å². The molecule has 1 aliphatic heterocycles. The highest BCUT2D eigenvalue weighted by molar-refractivity contribution is 9.10. The van der Waals surface area contributed by atoms with Gasteiger partial charge in [-0.3, -0.25) is 9.59 Å². The second-order valence-corrected chi connectivity index (χ2v) is 5.79. The molecule has 0 aromatic carbocycles. The number of nitrogens with zero attached hydrogens (tertiary/aromatic N) is 2. The maximum Gasteiger partial charge on any atom is 0.311 e. The van der Waals surface area contributed by atoms with E-state index in [1.54, 1.807) is 30.2 Å². The summed E-state index contributed by atoms with van der Waals surface area (Å²) in [5.41, 5.74) is -0.389. The van der Waals surface area contributed by atoms with Gasteiger partial charge in [0.2, 0.25) is 0 Å². The maximum atomic E-state index is 12.4. The number of carbonyl (C=O) groups excluding carboxylic acids is 1. The number of piperidine rings is 1. The van der Waals surface area contributed by atoms with E-state index in [1.165, 1.54) is 0 Å². The van der Waals surface area contributed by atoms with E-state index in [0.717, 1.165) is 0 Å². The van der Waals surface area contributed by atoms with Gasteiger partial charge in [-0.25, -0.2) is 4.98 Å². The zero-order chi connectivity index (χ0) is 14.0. The van der Waals surface area contributed by atoms with Gasteiger partial charge >= 0.3 is 5.97 Å². The van der Waals surface area contributed by atoms with Crippen LogP contribution in [0.2, 0.25) is 0 Å². The normalized spacial score (nSPS) is 23.2. The molecule has 1 aliphatic rings. The van der Waals surface area contributed by atoms with Gasteiger partial charge in [0.05, 0.1) is 11.0 Å². The molecule has 2 rings (SSSR count). The molecule has 1 atom stereocenters. The van der Waals surface area contributed by atoms with Crippen molar-refractivity contribution in [2.75, 3.05) is 13.1 Å². The molecule has 0 spiro atoms. The van der Waals surface area contributed by atoms with Gasteiger partial charge in [0, 0.05) is 19.3 Å². The van der Waals surface area contributed by atoms with Crippen molar-refractivity contribution in [3.8, 4) is 0 Å². The van der Waals surface area contributed by atoms with Crippen molar-refractivity contribution < 1.29 is 14.7 Å². The molecule has 19 heavy (non-hydrogen) atoms. The minimum Gasteiger partial charge on any atom is -0.481 e. The van der Waals surface area contributed by atoms with Crippen LogP contribution in [0.3, 0.4) is 0 Å². The van der Waals surface area contributed by atoms with Gasteiger partial charge in [-0.15, -0.1) is 0 Å². The third kappa shape index (κ3) is 2.78. The third-order valence-corrected chi connectivity index (χ3v) is 4.12. The molecule has 1 N–H and O–H groups in total. The van der Waals surface area contributed by atoms with E-state index in [1.807, 2.05) is 0 Å². The lowest BCUT2D eigenvalue weighted by atomic mass is 9.82. The first-order chi connectivity index (χ1) is 8.94. The van der Waals surface area contributed by atoms with Crippen LogP contribution in [0.25, 0.3) is 0 Å². The highest BCUT2D eigenvalue weighted by Crippen LogP contribution is 2.31. The summed E-state index contributed by atoms with van der Waals surface area (Å²) in [7, 11) is 0. The number of hydrogen-bond donors (Lipinski definition) is 1. The number of carboxylic acids is 1. The number of hydrogen-bond acceptors (Lipinski definition) is 3. The SMILES string of the molecule is CC1(C(=O)O)CCCN(C(=O)c2cccnc2Br)C1. The average molecular weight is 327 g/mol. The molecular formula is C13H15BrN2O3. The Kier molecular flexibility index (Phi) is 3.89. The van der Waals surface area contributed by atoms with Gasteiger partial charge in [0.1, 0.15) is 4.60 Å². The van der Waals surface area contributed by atoms with Crippen molar-refractivity contribution in [1.29, 1.82) is 0 Å². The Labute approximate surface area is 119 Å². The standard InChI is InChI=1S/C13H15BrN2O3/c1-13(12(18)19)5-3-7-16(8-13)11(17)9-4-2-6-15-10(9)14/h2,4,6H,3,5,7-8H2,1H3,(H,18,19). The molecule has 1 saturated heterocycles. The first-order valence-electron chi connectivity index (χ1n) is 6.07. The number of likely N-dealkylation sites (tertiary alicyclic amines) is 1. The zero-order valence-corrected chi connectivity index (χ0v) is 12.2. The highest BCUT2D eigenvalue weighted by Gasteiger charge is 2.39. The number of amides is 1. The number of carbonyl (C=O) groups is 2. The van der Waals surface area contributed by atoms with E-state index in [0.29, 0.717) is 29.6 Å². The Balaban J connectivity index is 2.21. The van der Waals surface area contributed by atoms with Gasteiger partial charge in [0.25, 0.3) is 5.91 Å². The van der Waals surface area contributed by atoms with Crippen LogP contribution < -0.4 is 0 Å². The van der Waals surface area contributed by atoms with Crippen molar-refractivity contribution in [3.63, 3.8) is 0 Å². The minimum atomic E-state index is -0.859. The van der Waals surface area contributed by atoms with Crippen LogP contribution in [0.1, 0.15) is 30.1 Å². The quantitative estimate of drug-likeness (QED) is 0.845. The lowest BCUT2D eigenvalue weighted by Gasteiger charge is -2.37. The van der Waals surface area contributed by atoms with Crippen molar-refractivity contribution in [2.24, 2.45) is 5.41 Å². The van der Waals surface area contributed by atoms with E-state index in [9.17, 15) is 14.7 Å². The predicted molar refractivity (Wildman–Crippen MR) is 72.8 cm³/mol. The van der Waals surface area contributed by atoms with Crippen LogP contribution in [-0.4, -0.2) is 40.0 Å². The minimum absolute atomic E-state index is 0.174. The number of aromatic nitrogens is 1. The fraction of sp³-hybridized carbons (Fsp3) is 0.462. The summed E-state index contributed by atoms with van der Waals surface area (Å²) in [5, 5.41) is 9.26. The second kappa shape index (κ2) is 5.28. The van der Waals surface area contributed by atoms with Crippen molar-refractivity contribution in [3.05, 3.63) is 28.5 Å². The number of carboxylic acid groups (broad SMARTS) is 1. The van der Waals surface area contributed by atoms with Crippen LogP contribution in [0.4, 0.5) is 0 Å². The molecule has 0 bridgehead atoms. The Hall–Kier alpha value is -1.43. The number of halogens is 1. The number of aliphatic carboxylic acids is 1. The van der Waals surface area contributed by atoms with Crippen molar-refractivity contribution in [1.82, 2.24) is 9.88 Å². The number of rotatable bonds is 2. The van der Waals surface area contributed by atoms with Crippen LogP contribution in [0.5, 0.6) is 0 Å². The fourth-order valence-electron chi connectivity index (χ4n) is 2.30. The first kappa shape index (κ1) is 14.0.